The summed E-state index contributed by atoms with van der Waals surface area (Å²) in [4.78, 5) is 15.9. The van der Waals surface area contributed by atoms with Gasteiger partial charge in [0.1, 0.15) is 5.82 Å². The molecule has 19 heavy (non-hydrogen) atoms. The number of pyridine rings is 1. The van der Waals surface area contributed by atoms with E-state index in [1.54, 1.807) is 30.5 Å². The first kappa shape index (κ1) is 13.8. The third-order valence-electron chi connectivity index (χ3n) is 2.42. The van der Waals surface area contributed by atoms with Crippen LogP contribution < -0.4 is 10.6 Å². The predicted molar refractivity (Wildman–Crippen MR) is 80.8 cm³/mol. The number of hydrogen-bond acceptors (Lipinski definition) is 2. The molecule has 0 aliphatic rings. The number of benzene rings is 1. The number of anilines is 2. The van der Waals surface area contributed by atoms with Crippen LogP contribution in [0.1, 0.15) is 5.56 Å². The minimum absolute atomic E-state index is 0.361. The molecule has 1 aromatic carbocycles. The van der Waals surface area contributed by atoms with E-state index in [1.165, 1.54) is 0 Å². The molecule has 2 N–H and O–H groups in total. The number of aryl methyl sites for hydroxylation is 1. The Morgan fingerprint density at radius 1 is 1.26 bits per heavy atom. The fraction of sp³-hybridized carbons (Fsp3) is 0.0769. The minimum atomic E-state index is -0.361. The molecule has 98 valence electrons. The molecule has 0 saturated carbocycles. The zero-order valence-corrected chi connectivity index (χ0v) is 12.4. The van der Waals surface area contributed by atoms with Gasteiger partial charge < -0.3 is 5.32 Å². The van der Waals surface area contributed by atoms with Crippen molar-refractivity contribution < 1.29 is 4.79 Å². The van der Waals surface area contributed by atoms with E-state index in [9.17, 15) is 4.79 Å². The number of aromatic nitrogens is 1. The zero-order chi connectivity index (χ0) is 13.8. The second-order valence-corrected chi connectivity index (χ2v) is 5.25. The van der Waals surface area contributed by atoms with Gasteiger partial charge in [-0.2, -0.15) is 0 Å². The van der Waals surface area contributed by atoms with Gasteiger partial charge in [-0.3, -0.25) is 5.32 Å². The number of urea groups is 1. The molecule has 0 atom stereocenters. The average Bonchev–Trinajstić information content (AvgIpc) is 2.37. The number of carbonyl (C=O) groups excluding carboxylic acids is 1. The van der Waals surface area contributed by atoms with Gasteiger partial charge in [-0.15, -0.1) is 0 Å². The van der Waals surface area contributed by atoms with Gasteiger partial charge in [-0.05, 0) is 52.7 Å². The van der Waals surface area contributed by atoms with Crippen LogP contribution in [0.3, 0.4) is 0 Å². The molecule has 1 heterocycles. The van der Waals surface area contributed by atoms with Crippen LogP contribution >= 0.6 is 27.5 Å². The largest absolute Gasteiger partial charge is 0.324 e. The van der Waals surface area contributed by atoms with Crippen molar-refractivity contribution >= 4 is 45.1 Å². The fourth-order valence-corrected chi connectivity index (χ4v) is 1.86. The molecule has 0 fully saturated rings. The molecule has 2 aromatic rings. The van der Waals surface area contributed by atoms with Crippen LogP contribution in [0, 0.1) is 6.92 Å². The highest BCUT2D eigenvalue weighted by atomic mass is 79.9. The van der Waals surface area contributed by atoms with Crippen molar-refractivity contribution in [2.75, 3.05) is 10.6 Å². The molecular formula is C13H11BrClN3O. The first-order valence-electron chi connectivity index (χ1n) is 5.50. The summed E-state index contributed by atoms with van der Waals surface area (Å²) in [5.41, 5.74) is 1.60. The molecule has 4 nitrogen and oxygen atoms in total. The highest BCUT2D eigenvalue weighted by Gasteiger charge is 2.06. The molecule has 2 amide bonds. The van der Waals surface area contributed by atoms with Crippen LogP contribution in [-0.4, -0.2) is 11.0 Å². The molecule has 1 aromatic heterocycles. The third kappa shape index (κ3) is 3.94. The van der Waals surface area contributed by atoms with Crippen LogP contribution in [0.5, 0.6) is 0 Å². The lowest BCUT2D eigenvalue weighted by atomic mass is 10.2. The topological polar surface area (TPSA) is 54.0 Å². The summed E-state index contributed by atoms with van der Waals surface area (Å²) in [6.07, 6.45) is 1.61. The summed E-state index contributed by atoms with van der Waals surface area (Å²) < 4.78 is 0.851. The van der Waals surface area contributed by atoms with E-state index in [-0.39, 0.29) is 6.03 Å². The van der Waals surface area contributed by atoms with E-state index in [4.69, 9.17) is 11.6 Å². The van der Waals surface area contributed by atoms with Gasteiger partial charge in [0, 0.05) is 21.4 Å². The van der Waals surface area contributed by atoms with E-state index in [1.807, 2.05) is 13.0 Å². The van der Waals surface area contributed by atoms with Crippen molar-refractivity contribution in [3.05, 3.63) is 51.6 Å². The van der Waals surface area contributed by atoms with Gasteiger partial charge in [0.15, 0.2) is 0 Å². The van der Waals surface area contributed by atoms with Crippen LogP contribution in [0.25, 0.3) is 0 Å². The lowest BCUT2D eigenvalue weighted by Gasteiger charge is -2.09. The minimum Gasteiger partial charge on any atom is -0.307 e. The molecule has 0 radical (unpaired) electrons. The number of rotatable bonds is 2. The molecule has 0 aliphatic carbocycles. The SMILES string of the molecule is Cc1ccc(Cl)cc1NC(=O)Nc1ccc(Br)cn1. The molecule has 0 saturated heterocycles. The van der Waals surface area contributed by atoms with Crippen molar-refractivity contribution in [2.45, 2.75) is 6.92 Å². The number of hydrogen-bond donors (Lipinski definition) is 2. The number of nitrogens with zero attached hydrogens (tertiary/aromatic N) is 1. The van der Waals surface area contributed by atoms with Crippen molar-refractivity contribution in [3.63, 3.8) is 0 Å². The quantitative estimate of drug-likeness (QED) is 0.848. The Morgan fingerprint density at radius 3 is 2.74 bits per heavy atom. The first-order chi connectivity index (χ1) is 9.04. The molecule has 0 aliphatic heterocycles. The number of nitrogens with one attached hydrogen (secondary N) is 2. The summed E-state index contributed by atoms with van der Waals surface area (Å²) in [6.45, 7) is 1.89. The van der Waals surface area contributed by atoms with Gasteiger partial charge in [-0.25, -0.2) is 9.78 Å². The monoisotopic (exact) mass is 339 g/mol. The molecule has 6 heteroatoms. The van der Waals surface area contributed by atoms with Crippen LogP contribution in [0.15, 0.2) is 41.0 Å². The van der Waals surface area contributed by atoms with E-state index >= 15 is 0 Å². The van der Waals surface area contributed by atoms with E-state index < -0.39 is 0 Å². The standard InChI is InChI=1S/C13H11BrClN3O/c1-8-2-4-10(15)6-11(8)17-13(19)18-12-5-3-9(14)7-16-12/h2-7H,1H3,(H2,16,17,18,19). The van der Waals surface area contributed by atoms with Crippen molar-refractivity contribution in [1.82, 2.24) is 4.98 Å². The number of amides is 2. The van der Waals surface area contributed by atoms with Gasteiger partial charge >= 0.3 is 6.03 Å². The van der Waals surface area contributed by atoms with Gasteiger partial charge in [0.2, 0.25) is 0 Å². The van der Waals surface area contributed by atoms with Crippen molar-refractivity contribution in [2.24, 2.45) is 0 Å². The fourth-order valence-electron chi connectivity index (χ4n) is 1.45. The summed E-state index contributed by atoms with van der Waals surface area (Å²) in [6, 6.07) is 8.46. The van der Waals surface area contributed by atoms with Crippen LogP contribution in [0.4, 0.5) is 16.3 Å². The number of carbonyl (C=O) groups is 1. The average molecular weight is 341 g/mol. The van der Waals surface area contributed by atoms with Gasteiger partial charge in [-0.1, -0.05) is 17.7 Å². The molecular weight excluding hydrogens is 330 g/mol. The summed E-state index contributed by atoms with van der Waals surface area (Å²) in [5.74, 6) is 0.473. The summed E-state index contributed by atoms with van der Waals surface area (Å²) in [5, 5.41) is 5.94. The highest BCUT2D eigenvalue weighted by Crippen LogP contribution is 2.20. The van der Waals surface area contributed by atoms with Crippen molar-refractivity contribution in [1.29, 1.82) is 0 Å². The lowest BCUT2D eigenvalue weighted by molar-refractivity contribution is 0.262. The van der Waals surface area contributed by atoms with Crippen molar-refractivity contribution in [3.8, 4) is 0 Å². The van der Waals surface area contributed by atoms with E-state index in [0.717, 1.165) is 10.0 Å². The second kappa shape index (κ2) is 6.04. The Hall–Kier alpha value is -1.59. The van der Waals surface area contributed by atoms with E-state index in [0.29, 0.717) is 16.5 Å². The molecule has 0 bridgehead atoms. The third-order valence-corrected chi connectivity index (χ3v) is 3.12. The van der Waals surface area contributed by atoms with Gasteiger partial charge in [0.25, 0.3) is 0 Å². The maximum Gasteiger partial charge on any atom is 0.324 e. The summed E-state index contributed by atoms with van der Waals surface area (Å²) >= 11 is 9.17. The zero-order valence-electron chi connectivity index (χ0n) is 10.1. The number of halogens is 2. The first-order valence-corrected chi connectivity index (χ1v) is 6.67. The Morgan fingerprint density at radius 2 is 2.05 bits per heavy atom. The Balaban J connectivity index is 2.05. The highest BCUT2D eigenvalue weighted by molar-refractivity contribution is 9.10. The Kier molecular flexibility index (Phi) is 4.39. The maximum atomic E-state index is 11.8. The maximum absolute atomic E-state index is 11.8. The smallest absolute Gasteiger partial charge is 0.307 e. The molecule has 2 rings (SSSR count). The second-order valence-electron chi connectivity index (χ2n) is 3.90. The molecule has 0 spiro atoms. The van der Waals surface area contributed by atoms with Crippen LogP contribution in [-0.2, 0) is 0 Å². The summed E-state index contributed by atoms with van der Waals surface area (Å²) in [7, 11) is 0. The van der Waals surface area contributed by atoms with Gasteiger partial charge in [0.05, 0.1) is 0 Å². The van der Waals surface area contributed by atoms with Crippen LogP contribution in [0.2, 0.25) is 5.02 Å². The Labute approximate surface area is 124 Å². The molecule has 0 unspecified atom stereocenters. The van der Waals surface area contributed by atoms with E-state index in [2.05, 4.69) is 31.5 Å². The predicted octanol–water partition coefficient (Wildman–Crippen LogP) is 4.45. The Bertz CT molecular complexity index is 601. The normalized spacial score (nSPS) is 10.1. The lowest BCUT2D eigenvalue weighted by Crippen LogP contribution is -2.20.